The predicted molar refractivity (Wildman–Crippen MR) is 481 cm³/mol. The molecule has 126 heavy (non-hydrogen) atoms. The molecule has 32 nitrogen and oxygen atoms in total. The molecule has 0 saturated carbocycles. The number of rotatable bonds is 18. The van der Waals surface area contributed by atoms with Gasteiger partial charge < -0.3 is 81.7 Å². The minimum Gasteiger partial charge on any atom is -0.497 e. The number of aliphatic hydroxyl groups is 1. The van der Waals surface area contributed by atoms with Crippen LogP contribution in [-0.2, 0) is 39.6 Å². The zero-order valence-corrected chi connectivity index (χ0v) is 73.8. The van der Waals surface area contributed by atoms with Gasteiger partial charge in [0.2, 0.25) is 11.8 Å². The van der Waals surface area contributed by atoms with E-state index in [0.29, 0.717) is 74.9 Å². The fraction of sp³-hybridized carbons (Fsp3) is 0.395. The van der Waals surface area contributed by atoms with Gasteiger partial charge in [0.15, 0.2) is 45.9 Å². The Morgan fingerprint density at radius 2 is 1.10 bits per heavy atom. The standard InChI is InChI=1S/C23H28ClN5O3.C21H25FN6O.C14H18ClN5O.C10H12ClN5.C10H11FO3.C7H9BFNO2.CH3F/c1-23(2,3)32-22(30)26-16-10-12-28(14-16)21-19-18(24)9-11-25-20(19)29(27-21)13-15-5-7-17(31-4)8-6-15;1-27(2)18(29)9-13-6-8-28(12-13)21-19-16(5-7-24-20(19)25-26-21)14-3-4-15(11-23)17(22)10-14;1-19(2)11(21)7-9-4-6-20(8-9)14-12-10(15)3-5-16-13(12)17-18-14;11-7-1-3-13-9-8(7)10(15-14-9)16-4-2-6(12)5-16;1-10(2,14)6-3-4-7(9(12)13)8(11)5-6;9-7-3-6(8(11)12)2-1-5(7)4-10;1-2/h5-9,11,16H,10,12-14H2,1-4H3,(H,26,30);3-5,7,10,13H,6,8-9,11-12,23H2,1-2H3,(H,24,25,26);3,5,9H,4,6-8H2,1-2H3,(H,16,17,18);1,3,6H,2,4-5,12H2,(H,13,14,15);3-5,14H,1-2H3,(H,12,13);1-3,11-12H,4,10H2;1H3/t16-;13-;9-;6-;;;/m1001.../s1/i;;;;;;1D. The fourth-order valence-corrected chi connectivity index (χ4v) is 15.2. The van der Waals surface area contributed by atoms with Crippen LogP contribution in [0.25, 0.3) is 55.3 Å². The van der Waals surface area contributed by atoms with Crippen molar-refractivity contribution in [2.24, 2.45) is 29.0 Å². The molecule has 0 spiro atoms. The second-order valence-corrected chi connectivity index (χ2v) is 33.6. The number of anilines is 4. The molecule has 0 bridgehead atoms. The van der Waals surface area contributed by atoms with Crippen LogP contribution in [0.15, 0.2) is 128 Å². The number of carboxylic acids is 1. The number of nitrogens with one attached hydrogen (secondary N) is 4. The van der Waals surface area contributed by atoms with Crippen LogP contribution in [0.4, 0.5) is 45.6 Å². The van der Waals surface area contributed by atoms with E-state index in [-0.39, 0.29) is 54.2 Å². The van der Waals surface area contributed by atoms with Gasteiger partial charge in [-0.15, -0.1) is 0 Å². The van der Waals surface area contributed by atoms with Gasteiger partial charge in [0.05, 0.1) is 76.0 Å². The Hall–Kier alpha value is -11.5. The lowest BCUT2D eigenvalue weighted by atomic mass is 9.80. The molecule has 4 saturated heterocycles. The summed E-state index contributed by atoms with van der Waals surface area (Å²) in [5.41, 5.74) is 21.4. The van der Waals surface area contributed by atoms with Crippen LogP contribution < -0.4 is 52.3 Å². The van der Waals surface area contributed by atoms with Crippen molar-refractivity contribution in [2.45, 2.75) is 116 Å². The number of aromatic nitrogens is 12. The van der Waals surface area contributed by atoms with Crippen LogP contribution in [0.2, 0.25) is 15.1 Å². The van der Waals surface area contributed by atoms with E-state index in [1.165, 1.54) is 38.1 Å². The van der Waals surface area contributed by atoms with Gasteiger partial charge in [-0.05, 0) is 161 Å². The molecule has 12 heterocycles. The lowest BCUT2D eigenvalue weighted by Gasteiger charge is -2.22. The highest BCUT2D eigenvalue weighted by Gasteiger charge is 2.34. The van der Waals surface area contributed by atoms with E-state index in [1.807, 2.05) is 61.9 Å². The number of alkyl halides is 1. The highest BCUT2D eigenvalue weighted by Crippen LogP contribution is 2.40. The molecule has 4 aromatic carbocycles. The summed E-state index contributed by atoms with van der Waals surface area (Å²) in [5, 5.41) is 70.5. The number of ether oxygens (including phenoxy) is 2. The molecule has 672 valence electrons. The van der Waals surface area contributed by atoms with E-state index in [0.717, 1.165) is 168 Å². The highest BCUT2D eigenvalue weighted by molar-refractivity contribution is 6.58. The number of alkyl carbamates (subject to hydrolysis) is 1. The van der Waals surface area contributed by atoms with Gasteiger partial charge in [-0.25, -0.2) is 47.4 Å². The molecule has 4 atom stereocenters. The number of benzene rings is 4. The lowest BCUT2D eigenvalue weighted by Crippen LogP contribution is -2.40. The van der Waals surface area contributed by atoms with Gasteiger partial charge >= 0.3 is 19.2 Å². The largest absolute Gasteiger partial charge is 0.497 e. The van der Waals surface area contributed by atoms with Crippen molar-refractivity contribution in [3.05, 3.63) is 188 Å². The minimum absolute atomic E-state index is 0.0258. The number of nitrogens with zero attached hydrogens (tertiary/aromatic N) is 15. The quantitative estimate of drug-likeness (QED) is 0.0281. The summed E-state index contributed by atoms with van der Waals surface area (Å²) in [6.07, 6.45) is 11.1. The molecular weight excluding hydrogens is 1690 g/mol. The molecule has 16 rings (SSSR count). The average Bonchev–Trinajstić information content (AvgIpc) is 1.70. The van der Waals surface area contributed by atoms with Crippen molar-refractivity contribution in [1.82, 2.24) is 75.4 Å². The van der Waals surface area contributed by atoms with Crippen LogP contribution >= 0.6 is 34.8 Å². The lowest BCUT2D eigenvalue weighted by molar-refractivity contribution is -0.130. The second-order valence-electron chi connectivity index (χ2n) is 32.3. The van der Waals surface area contributed by atoms with E-state index < -0.39 is 54.7 Å². The van der Waals surface area contributed by atoms with Crippen LogP contribution in [0.3, 0.4) is 0 Å². The van der Waals surface area contributed by atoms with Gasteiger partial charge in [0.25, 0.3) is 0 Å². The number of aromatic carboxylic acids is 1. The minimum atomic E-state index is -1.63. The van der Waals surface area contributed by atoms with E-state index in [4.69, 9.17) is 83.1 Å². The number of nitrogens with two attached hydrogens (primary N) is 3. The zero-order chi connectivity index (χ0) is 92.3. The molecule has 3 amide bonds. The van der Waals surface area contributed by atoms with Gasteiger partial charge in [0, 0.05) is 148 Å². The SMILES string of the molecule is CC(C)(O)c1ccc(C(=O)O)c(F)c1.CN(C)C(=O)C[C@@H]1CCN(c2n[nH]c3nccc(-c4ccc(CN)c(F)c4)c23)C1.CN(C)C(=O)C[C@@H]1CCN(c2n[nH]c3nccc(Cl)c23)C1.COc1ccc(Cn2nc(N3CC[C@@H](NC(=O)OC(C)(C)C)C3)c3c(Cl)ccnc32)cc1.NCc1ccc(B(O)O)cc1F.N[C@@H]1CCN(c2n[nH]c3nccc(Cl)c23)C1.[2H]CF. The van der Waals surface area contributed by atoms with E-state index in [9.17, 15) is 41.8 Å². The van der Waals surface area contributed by atoms with Crippen molar-refractivity contribution in [3.63, 3.8) is 0 Å². The molecule has 4 aliphatic rings. The summed E-state index contributed by atoms with van der Waals surface area (Å²) in [5.74, 6) is 2.07. The van der Waals surface area contributed by atoms with E-state index in [1.54, 1.807) is 94.2 Å². The first-order valence-electron chi connectivity index (χ1n) is 41.2. The highest BCUT2D eigenvalue weighted by atomic mass is 35.5. The normalized spacial score (nSPS) is 16.1. The number of carboxylic acid groups (broad SMARTS) is 1. The summed E-state index contributed by atoms with van der Waals surface area (Å²) in [7, 11) is 6.16. The third-order valence-corrected chi connectivity index (χ3v) is 22.1. The monoisotopic (exact) mass is 1800 g/mol. The van der Waals surface area contributed by atoms with Crippen LogP contribution in [0, 0.1) is 29.3 Å². The second kappa shape index (κ2) is 43.6. The Kier molecular flexibility index (Phi) is 32.9. The van der Waals surface area contributed by atoms with E-state index >= 15 is 0 Å². The molecule has 8 aromatic heterocycles. The molecule has 4 fully saturated rings. The summed E-state index contributed by atoms with van der Waals surface area (Å²) >= 11 is 19.0. The molecule has 40 heteroatoms. The van der Waals surface area contributed by atoms with Crippen LogP contribution in [0.5, 0.6) is 5.75 Å². The Labute approximate surface area is 742 Å². The van der Waals surface area contributed by atoms with Crippen molar-refractivity contribution in [2.75, 3.05) is 114 Å². The van der Waals surface area contributed by atoms with Gasteiger partial charge in [-0.3, -0.25) is 29.3 Å². The number of pyridine rings is 4. The first-order chi connectivity index (χ1) is 60.4. The number of methoxy groups -OCH3 is 1. The van der Waals surface area contributed by atoms with Gasteiger partial charge in [-0.2, -0.15) is 20.4 Å². The molecule has 0 unspecified atom stereocenters. The number of fused-ring (bicyclic) bond motifs is 4. The van der Waals surface area contributed by atoms with Gasteiger partial charge in [0.1, 0.15) is 28.8 Å². The number of hydrogen-bond donors (Lipinski definition) is 11. The summed E-state index contributed by atoms with van der Waals surface area (Å²) in [4.78, 5) is 75.8. The summed E-state index contributed by atoms with van der Waals surface area (Å²) in [6.45, 7) is 15.8. The number of hydrogen-bond acceptors (Lipinski definition) is 24. The number of H-pyrrole nitrogens is 3. The van der Waals surface area contributed by atoms with Crippen LogP contribution in [0.1, 0.15) is 107 Å². The molecular formula is C86H106BCl3F4N22O10. The summed E-state index contributed by atoms with van der Waals surface area (Å²) in [6, 6.07) is 27.9. The number of amides is 3. The number of carbonyl (C=O) groups is 4. The Morgan fingerprint density at radius 3 is 1.57 bits per heavy atom. The predicted octanol–water partition coefficient (Wildman–Crippen LogP) is 11.1. The van der Waals surface area contributed by atoms with Crippen molar-refractivity contribution in [3.8, 4) is 16.9 Å². The molecule has 4 aliphatic heterocycles. The smallest absolute Gasteiger partial charge is 0.488 e. The fourth-order valence-electron chi connectivity index (χ4n) is 14.5. The van der Waals surface area contributed by atoms with Crippen LogP contribution in [-0.4, -0.2) is 234 Å². The third-order valence-electron chi connectivity index (χ3n) is 21.2. The molecule has 14 N–H and O–H groups in total. The first-order valence-corrected chi connectivity index (χ1v) is 41.6. The maximum Gasteiger partial charge on any atom is 0.488 e. The Morgan fingerprint density at radius 1 is 0.611 bits per heavy atom. The van der Waals surface area contributed by atoms with E-state index in [2.05, 4.69) is 75.4 Å². The van der Waals surface area contributed by atoms with Crippen molar-refractivity contribution < 1.29 is 67.8 Å². The molecule has 0 radical (unpaired) electrons. The third kappa shape index (κ3) is 24.8. The Balaban J connectivity index is 0.000000163. The zero-order valence-electron chi connectivity index (χ0n) is 72.6. The summed E-state index contributed by atoms with van der Waals surface area (Å²) < 4.78 is 68.4. The maximum absolute atomic E-state index is 14.3. The molecule has 0 aliphatic carbocycles. The van der Waals surface area contributed by atoms with Gasteiger partial charge in [-0.1, -0.05) is 77.3 Å². The average molecular weight is 1800 g/mol. The first kappa shape index (κ1) is 95.1. The maximum atomic E-state index is 14.3. The number of aromatic amines is 3. The van der Waals surface area contributed by atoms with Crippen molar-refractivity contribution in [1.29, 1.82) is 0 Å². The topological polar surface area (TPSA) is 433 Å². The van der Waals surface area contributed by atoms with Crippen molar-refractivity contribution >= 4 is 139 Å². The number of halogens is 7. The molecule has 12 aromatic rings. The Bertz CT molecular complexity index is 5750. The number of carbonyl (C=O) groups excluding carboxylic acids is 3.